The maximum absolute atomic E-state index is 11.5. The zero-order valence-corrected chi connectivity index (χ0v) is 10.1. The smallest absolute Gasteiger partial charge is 0.150 e. The van der Waals surface area contributed by atoms with Crippen LogP contribution in [0.4, 0.5) is 0 Å². The van der Waals surface area contributed by atoms with Gasteiger partial charge in [-0.2, -0.15) is 0 Å². The lowest BCUT2D eigenvalue weighted by Crippen LogP contribution is -2.41. The van der Waals surface area contributed by atoms with Crippen molar-refractivity contribution in [3.05, 3.63) is 0 Å². The van der Waals surface area contributed by atoms with Crippen molar-refractivity contribution < 1.29 is 8.42 Å². The molecule has 3 nitrogen and oxygen atoms in total. The Hall–Kier alpha value is -0.0900. The van der Waals surface area contributed by atoms with Gasteiger partial charge in [0.1, 0.15) is 0 Å². The van der Waals surface area contributed by atoms with E-state index in [1.54, 1.807) is 0 Å². The minimum Gasteiger partial charge on any atom is -0.325 e. The van der Waals surface area contributed by atoms with Crippen molar-refractivity contribution >= 4 is 9.84 Å². The lowest BCUT2D eigenvalue weighted by atomic mass is 9.85. The molecule has 1 aliphatic carbocycles. The monoisotopic (exact) mass is 231 g/mol. The zero-order valence-electron chi connectivity index (χ0n) is 9.24. The zero-order chi connectivity index (χ0) is 10.9. The summed E-state index contributed by atoms with van der Waals surface area (Å²) in [5, 5.41) is 0. The van der Waals surface area contributed by atoms with Crippen LogP contribution in [0, 0.1) is 5.92 Å². The highest BCUT2D eigenvalue weighted by molar-refractivity contribution is 7.91. The molecule has 0 aromatic rings. The average molecular weight is 231 g/mol. The first kappa shape index (κ1) is 11.4. The van der Waals surface area contributed by atoms with Crippen LogP contribution in [0.15, 0.2) is 0 Å². The van der Waals surface area contributed by atoms with E-state index in [2.05, 4.69) is 0 Å². The molecule has 1 aliphatic heterocycles. The lowest BCUT2D eigenvalue weighted by molar-refractivity contribution is 0.318. The Morgan fingerprint density at radius 2 is 1.87 bits per heavy atom. The molecule has 2 N–H and O–H groups in total. The molecule has 1 unspecified atom stereocenters. The molecule has 0 aromatic heterocycles. The molecule has 15 heavy (non-hydrogen) atoms. The van der Waals surface area contributed by atoms with Crippen molar-refractivity contribution in [3.8, 4) is 0 Å². The summed E-state index contributed by atoms with van der Waals surface area (Å²) < 4.78 is 23.0. The maximum Gasteiger partial charge on any atom is 0.150 e. The molecule has 0 spiro atoms. The molecule has 2 aliphatic rings. The Morgan fingerprint density at radius 3 is 2.47 bits per heavy atom. The molecule has 2 fully saturated rings. The van der Waals surface area contributed by atoms with Crippen LogP contribution in [0.3, 0.4) is 0 Å². The largest absolute Gasteiger partial charge is 0.325 e. The van der Waals surface area contributed by atoms with E-state index in [1.165, 1.54) is 12.8 Å². The van der Waals surface area contributed by atoms with Gasteiger partial charge in [0, 0.05) is 5.54 Å². The summed E-state index contributed by atoms with van der Waals surface area (Å²) >= 11 is 0. The third-order valence-electron chi connectivity index (χ3n) is 3.85. The van der Waals surface area contributed by atoms with Crippen LogP contribution in [0.2, 0.25) is 0 Å². The van der Waals surface area contributed by atoms with Crippen molar-refractivity contribution in [1.29, 1.82) is 0 Å². The second kappa shape index (κ2) is 4.06. The van der Waals surface area contributed by atoms with E-state index in [9.17, 15) is 8.42 Å². The van der Waals surface area contributed by atoms with Crippen LogP contribution in [0.1, 0.15) is 44.9 Å². The standard InChI is InChI=1S/C11H21NO2S/c12-11(5-1-2-6-11)8-10-4-3-7-15(13,14)9-10/h10H,1-9,12H2. The molecule has 1 saturated carbocycles. The second-order valence-electron chi connectivity index (χ2n) is 5.40. The van der Waals surface area contributed by atoms with Gasteiger partial charge < -0.3 is 5.73 Å². The van der Waals surface area contributed by atoms with Gasteiger partial charge in [-0.3, -0.25) is 0 Å². The highest BCUT2D eigenvalue weighted by Gasteiger charge is 2.35. The fraction of sp³-hybridized carbons (Fsp3) is 1.00. The number of hydrogen-bond donors (Lipinski definition) is 1. The Balaban J connectivity index is 1.94. The minimum absolute atomic E-state index is 0.0441. The molecule has 88 valence electrons. The number of sulfone groups is 1. The highest BCUT2D eigenvalue weighted by atomic mass is 32.2. The van der Waals surface area contributed by atoms with Gasteiger partial charge in [0.2, 0.25) is 0 Å². The summed E-state index contributed by atoms with van der Waals surface area (Å²) in [6, 6.07) is 0. The molecular weight excluding hydrogens is 210 g/mol. The van der Waals surface area contributed by atoms with Crippen LogP contribution in [-0.4, -0.2) is 25.5 Å². The highest BCUT2D eigenvalue weighted by Crippen LogP contribution is 2.35. The van der Waals surface area contributed by atoms with E-state index in [-0.39, 0.29) is 5.54 Å². The predicted molar refractivity (Wildman–Crippen MR) is 61.4 cm³/mol. The first-order valence-electron chi connectivity index (χ1n) is 5.98. The van der Waals surface area contributed by atoms with Gasteiger partial charge in [0.05, 0.1) is 11.5 Å². The van der Waals surface area contributed by atoms with Gasteiger partial charge >= 0.3 is 0 Å². The maximum atomic E-state index is 11.5. The molecule has 1 heterocycles. The van der Waals surface area contributed by atoms with E-state index in [0.717, 1.165) is 32.1 Å². The quantitative estimate of drug-likeness (QED) is 0.783. The molecule has 0 aromatic carbocycles. The van der Waals surface area contributed by atoms with Gasteiger partial charge in [0.15, 0.2) is 9.84 Å². The summed E-state index contributed by atoms with van der Waals surface area (Å²) in [7, 11) is -2.76. The molecule has 0 bridgehead atoms. The topological polar surface area (TPSA) is 60.2 Å². The fourth-order valence-electron chi connectivity index (χ4n) is 3.14. The average Bonchev–Trinajstić information content (AvgIpc) is 2.49. The third kappa shape index (κ3) is 2.94. The van der Waals surface area contributed by atoms with Crippen molar-refractivity contribution in [2.45, 2.75) is 50.5 Å². The molecule has 1 atom stereocenters. The SMILES string of the molecule is NC1(CC2CCCS(=O)(=O)C2)CCCC1. The van der Waals surface area contributed by atoms with Crippen molar-refractivity contribution in [1.82, 2.24) is 0 Å². The second-order valence-corrected chi connectivity index (χ2v) is 7.62. The Morgan fingerprint density at radius 1 is 1.20 bits per heavy atom. The normalized spacial score (nSPS) is 34.1. The van der Waals surface area contributed by atoms with Gasteiger partial charge in [-0.1, -0.05) is 12.8 Å². The molecule has 1 saturated heterocycles. The summed E-state index contributed by atoms with van der Waals surface area (Å²) in [5.74, 6) is 1.10. The van der Waals surface area contributed by atoms with Gasteiger partial charge in [0.25, 0.3) is 0 Å². The van der Waals surface area contributed by atoms with E-state index >= 15 is 0 Å². The number of rotatable bonds is 2. The molecule has 4 heteroatoms. The first-order valence-corrected chi connectivity index (χ1v) is 7.81. The molecule has 2 rings (SSSR count). The first-order chi connectivity index (χ1) is 6.99. The fourth-order valence-corrected chi connectivity index (χ4v) is 4.91. The van der Waals surface area contributed by atoms with Gasteiger partial charge in [-0.15, -0.1) is 0 Å². The minimum atomic E-state index is -2.76. The Kier molecular flexibility index (Phi) is 3.08. The summed E-state index contributed by atoms with van der Waals surface area (Å²) in [5.41, 5.74) is 6.24. The van der Waals surface area contributed by atoms with E-state index in [0.29, 0.717) is 17.4 Å². The summed E-state index contributed by atoms with van der Waals surface area (Å²) in [4.78, 5) is 0. The summed E-state index contributed by atoms with van der Waals surface area (Å²) in [6.07, 6.45) is 7.42. The van der Waals surface area contributed by atoms with Crippen LogP contribution in [0.5, 0.6) is 0 Å². The molecule has 0 amide bonds. The van der Waals surface area contributed by atoms with Crippen LogP contribution < -0.4 is 5.73 Å². The van der Waals surface area contributed by atoms with E-state index < -0.39 is 9.84 Å². The molecular formula is C11H21NO2S. The van der Waals surface area contributed by atoms with Crippen molar-refractivity contribution in [3.63, 3.8) is 0 Å². The lowest BCUT2D eigenvalue weighted by Gasteiger charge is -2.31. The van der Waals surface area contributed by atoms with Crippen molar-refractivity contribution in [2.24, 2.45) is 11.7 Å². The Labute approximate surface area is 92.3 Å². The van der Waals surface area contributed by atoms with Crippen LogP contribution >= 0.6 is 0 Å². The van der Waals surface area contributed by atoms with Gasteiger partial charge in [-0.25, -0.2) is 8.42 Å². The molecule has 0 radical (unpaired) electrons. The van der Waals surface area contributed by atoms with Crippen LogP contribution in [-0.2, 0) is 9.84 Å². The number of hydrogen-bond acceptors (Lipinski definition) is 3. The van der Waals surface area contributed by atoms with Crippen LogP contribution in [0.25, 0.3) is 0 Å². The predicted octanol–water partition coefficient (Wildman–Crippen LogP) is 1.47. The van der Waals surface area contributed by atoms with E-state index in [4.69, 9.17) is 5.73 Å². The number of nitrogens with two attached hydrogens (primary N) is 1. The Bertz CT molecular complexity index is 317. The summed E-state index contributed by atoms with van der Waals surface area (Å²) in [6.45, 7) is 0. The van der Waals surface area contributed by atoms with E-state index in [1.807, 2.05) is 0 Å². The van der Waals surface area contributed by atoms with Crippen molar-refractivity contribution in [2.75, 3.05) is 11.5 Å². The third-order valence-corrected chi connectivity index (χ3v) is 5.74. The van der Waals surface area contributed by atoms with Gasteiger partial charge in [-0.05, 0) is 38.0 Å².